The summed E-state index contributed by atoms with van der Waals surface area (Å²) < 4.78 is 16.5. The average molecular weight is 413 g/mol. The van der Waals surface area contributed by atoms with Gasteiger partial charge in [-0.05, 0) is 47.9 Å². The second-order valence-corrected chi connectivity index (χ2v) is 8.04. The third-order valence-corrected chi connectivity index (χ3v) is 5.65. The van der Waals surface area contributed by atoms with Crippen LogP contribution in [0.2, 0.25) is 5.02 Å². The molecule has 2 aromatic heterocycles. The summed E-state index contributed by atoms with van der Waals surface area (Å²) in [7, 11) is 0. The average Bonchev–Trinajstić information content (AvgIpc) is 3.11. The van der Waals surface area contributed by atoms with Gasteiger partial charge >= 0.3 is 0 Å². The van der Waals surface area contributed by atoms with Gasteiger partial charge in [0, 0.05) is 34.8 Å². The highest BCUT2D eigenvalue weighted by atomic mass is 35.5. The molecular formula is C21H18ClFN4S. The monoisotopic (exact) mass is 412 g/mol. The van der Waals surface area contributed by atoms with E-state index in [1.807, 2.05) is 25.1 Å². The fourth-order valence-electron chi connectivity index (χ4n) is 3.29. The summed E-state index contributed by atoms with van der Waals surface area (Å²) in [5, 5.41) is 0.551. The normalized spacial score (nSPS) is 12.4. The fraction of sp³-hybridized carbons (Fsp3) is 0.143. The Bertz CT molecular complexity index is 1170. The number of halogens is 2. The van der Waals surface area contributed by atoms with Crippen molar-refractivity contribution in [3.05, 3.63) is 75.6 Å². The first kappa shape index (κ1) is 18.8. The lowest BCUT2D eigenvalue weighted by Gasteiger charge is -2.13. The number of hydrogen-bond donors (Lipinski definition) is 2. The Balaban J connectivity index is 1.85. The van der Waals surface area contributed by atoms with Crippen LogP contribution in [0.25, 0.3) is 21.3 Å². The number of anilines is 1. The molecule has 1 unspecified atom stereocenters. The summed E-state index contributed by atoms with van der Waals surface area (Å²) >= 11 is 7.61. The van der Waals surface area contributed by atoms with E-state index < -0.39 is 0 Å². The van der Waals surface area contributed by atoms with Gasteiger partial charge in [0.25, 0.3) is 0 Å². The van der Waals surface area contributed by atoms with E-state index in [-0.39, 0.29) is 11.9 Å². The van der Waals surface area contributed by atoms with Crippen molar-refractivity contribution >= 4 is 39.0 Å². The molecule has 4 nitrogen and oxygen atoms in total. The number of hydrogen-bond acceptors (Lipinski definition) is 5. The van der Waals surface area contributed by atoms with E-state index in [0.29, 0.717) is 39.5 Å². The molecule has 142 valence electrons. The number of nitrogens with two attached hydrogens (primary N) is 2. The van der Waals surface area contributed by atoms with Crippen LogP contribution in [0, 0.1) is 5.82 Å². The number of fused-ring (bicyclic) bond motifs is 1. The first-order chi connectivity index (χ1) is 13.4. The van der Waals surface area contributed by atoms with Crippen LogP contribution in [-0.2, 0) is 6.42 Å². The summed E-state index contributed by atoms with van der Waals surface area (Å²) in [6.07, 6.45) is 2.04. The van der Waals surface area contributed by atoms with E-state index in [9.17, 15) is 0 Å². The molecule has 0 bridgehead atoms. The van der Waals surface area contributed by atoms with E-state index >= 15 is 4.39 Å². The van der Waals surface area contributed by atoms with E-state index in [1.165, 1.54) is 11.3 Å². The summed E-state index contributed by atoms with van der Waals surface area (Å²) in [6, 6.07) is 10.7. The Morgan fingerprint density at radius 2 is 2.04 bits per heavy atom. The zero-order valence-corrected chi connectivity index (χ0v) is 16.7. The summed E-state index contributed by atoms with van der Waals surface area (Å²) in [6.45, 7) is 1.85. The minimum Gasteiger partial charge on any atom is -0.383 e. The van der Waals surface area contributed by atoms with Crippen molar-refractivity contribution in [2.24, 2.45) is 5.73 Å². The Morgan fingerprint density at radius 1 is 1.21 bits per heavy atom. The smallest absolute Gasteiger partial charge is 0.136 e. The van der Waals surface area contributed by atoms with E-state index in [1.54, 1.807) is 29.9 Å². The maximum atomic E-state index is 15.6. The molecule has 0 fully saturated rings. The largest absolute Gasteiger partial charge is 0.383 e. The molecule has 1 atom stereocenters. The van der Waals surface area contributed by atoms with E-state index in [0.717, 1.165) is 15.8 Å². The maximum Gasteiger partial charge on any atom is 0.136 e. The highest BCUT2D eigenvalue weighted by Crippen LogP contribution is 2.36. The predicted molar refractivity (Wildman–Crippen MR) is 114 cm³/mol. The first-order valence-corrected chi connectivity index (χ1v) is 10.00. The van der Waals surface area contributed by atoms with Gasteiger partial charge in [-0.3, -0.25) is 0 Å². The number of rotatable bonds is 4. The van der Waals surface area contributed by atoms with Gasteiger partial charge in [-0.25, -0.2) is 14.4 Å². The second-order valence-electron chi connectivity index (χ2n) is 6.72. The Kier molecular flexibility index (Phi) is 5.02. The minimum atomic E-state index is -0.306. The van der Waals surface area contributed by atoms with Crippen molar-refractivity contribution in [1.82, 2.24) is 9.97 Å². The van der Waals surface area contributed by atoms with Crippen LogP contribution in [-0.4, -0.2) is 9.97 Å². The van der Waals surface area contributed by atoms with Crippen LogP contribution < -0.4 is 11.5 Å². The van der Waals surface area contributed by atoms with Crippen molar-refractivity contribution < 1.29 is 4.39 Å². The third-order valence-electron chi connectivity index (χ3n) is 4.64. The lowest BCUT2D eigenvalue weighted by atomic mass is 9.96. The zero-order chi connectivity index (χ0) is 19.8. The number of nitrogen functional groups attached to an aromatic ring is 1. The number of pyridine rings is 1. The Hall–Kier alpha value is -2.54. The van der Waals surface area contributed by atoms with Crippen molar-refractivity contribution in [3.8, 4) is 11.1 Å². The molecule has 4 N–H and O–H groups in total. The summed E-state index contributed by atoms with van der Waals surface area (Å²) in [5.74, 6) is 0.0941. The molecule has 0 saturated heterocycles. The Morgan fingerprint density at radius 3 is 2.79 bits per heavy atom. The summed E-state index contributed by atoms with van der Waals surface area (Å²) in [4.78, 5) is 8.59. The van der Waals surface area contributed by atoms with Gasteiger partial charge in [0.2, 0.25) is 0 Å². The number of nitrogens with zero attached hydrogens (tertiary/aromatic N) is 2. The predicted octanol–water partition coefficient (Wildman–Crippen LogP) is 5.34. The quantitative estimate of drug-likeness (QED) is 0.474. The molecule has 7 heteroatoms. The third kappa shape index (κ3) is 3.46. The van der Waals surface area contributed by atoms with Gasteiger partial charge in [-0.2, -0.15) is 0 Å². The topological polar surface area (TPSA) is 77.8 Å². The molecule has 0 aliphatic heterocycles. The maximum absolute atomic E-state index is 15.6. The number of aromatic nitrogens is 2. The van der Waals surface area contributed by atoms with Gasteiger partial charge in [-0.15, -0.1) is 11.3 Å². The van der Waals surface area contributed by atoms with Crippen LogP contribution in [0.4, 0.5) is 10.2 Å². The molecule has 0 amide bonds. The molecule has 0 saturated carbocycles. The van der Waals surface area contributed by atoms with Gasteiger partial charge in [0.05, 0.1) is 15.7 Å². The van der Waals surface area contributed by atoms with Gasteiger partial charge in [0.1, 0.15) is 11.6 Å². The van der Waals surface area contributed by atoms with Gasteiger partial charge in [0.15, 0.2) is 0 Å². The van der Waals surface area contributed by atoms with Crippen LogP contribution in [0.3, 0.4) is 0 Å². The minimum absolute atomic E-state index is 0.247. The van der Waals surface area contributed by atoms with Crippen LogP contribution in [0.1, 0.15) is 29.7 Å². The molecule has 0 aliphatic carbocycles. The SMILES string of the molecule is CC(N)c1cc(Cc2cc3scnc3c(-c3cccc(Cl)c3)c2F)cnc1N. The van der Waals surface area contributed by atoms with E-state index in [4.69, 9.17) is 23.1 Å². The van der Waals surface area contributed by atoms with Crippen molar-refractivity contribution in [1.29, 1.82) is 0 Å². The summed E-state index contributed by atoms with van der Waals surface area (Å²) in [5.41, 5.74) is 17.6. The zero-order valence-electron chi connectivity index (χ0n) is 15.1. The molecule has 2 heterocycles. The fourth-order valence-corrected chi connectivity index (χ4v) is 4.23. The highest BCUT2D eigenvalue weighted by Gasteiger charge is 2.18. The van der Waals surface area contributed by atoms with Crippen LogP contribution >= 0.6 is 22.9 Å². The molecule has 4 aromatic rings. The van der Waals surface area contributed by atoms with E-state index in [2.05, 4.69) is 9.97 Å². The van der Waals surface area contributed by atoms with Gasteiger partial charge in [-0.1, -0.05) is 23.7 Å². The van der Waals surface area contributed by atoms with Crippen LogP contribution in [0.15, 0.2) is 48.1 Å². The molecule has 28 heavy (non-hydrogen) atoms. The molecule has 0 spiro atoms. The number of thiazole rings is 1. The second kappa shape index (κ2) is 7.47. The van der Waals surface area contributed by atoms with Gasteiger partial charge < -0.3 is 11.5 Å². The van der Waals surface area contributed by atoms with Crippen molar-refractivity contribution in [3.63, 3.8) is 0 Å². The van der Waals surface area contributed by atoms with Crippen molar-refractivity contribution in [2.45, 2.75) is 19.4 Å². The first-order valence-electron chi connectivity index (χ1n) is 8.74. The van der Waals surface area contributed by atoms with Crippen molar-refractivity contribution in [2.75, 3.05) is 5.73 Å². The molecule has 0 aliphatic rings. The Labute approximate surface area is 171 Å². The number of benzene rings is 2. The lowest BCUT2D eigenvalue weighted by molar-refractivity contribution is 0.619. The highest BCUT2D eigenvalue weighted by molar-refractivity contribution is 7.16. The molecular weight excluding hydrogens is 395 g/mol. The lowest BCUT2D eigenvalue weighted by Crippen LogP contribution is -2.10. The molecule has 0 radical (unpaired) electrons. The van der Waals surface area contributed by atoms with Crippen LogP contribution in [0.5, 0.6) is 0 Å². The standard InChI is InChI=1S/C21H18ClFN4S/c1-11(24)16-6-12(9-26-21(16)25)5-14-8-17-20(27-10-28-17)18(19(14)23)13-3-2-4-15(22)7-13/h2-4,6-11H,5,24H2,1H3,(H2,25,26). The molecule has 2 aromatic carbocycles. The molecule has 4 rings (SSSR count).